The van der Waals surface area contributed by atoms with Gasteiger partial charge in [-0.05, 0) is 29.3 Å². The normalized spacial score (nSPS) is 11.2. The van der Waals surface area contributed by atoms with E-state index in [9.17, 15) is 4.79 Å². The van der Waals surface area contributed by atoms with Gasteiger partial charge in [0.25, 0.3) is 0 Å². The van der Waals surface area contributed by atoms with E-state index in [-0.39, 0.29) is 5.69 Å². The summed E-state index contributed by atoms with van der Waals surface area (Å²) in [4.78, 5) is 11.6. The van der Waals surface area contributed by atoms with Gasteiger partial charge in [-0.3, -0.25) is 9.25 Å². The summed E-state index contributed by atoms with van der Waals surface area (Å²) in [6, 6.07) is 0. The number of nitrogens with one attached hydrogen (secondary N) is 1. The van der Waals surface area contributed by atoms with Gasteiger partial charge in [0.2, 0.25) is 0 Å². The van der Waals surface area contributed by atoms with Gasteiger partial charge in [-0.25, -0.2) is 9.89 Å². The average molecular weight is 346 g/mol. The molecule has 0 aliphatic carbocycles. The maximum Gasteiger partial charge on any atom is 0.343 e. The quantitative estimate of drug-likeness (QED) is 0.842. The van der Waals surface area contributed by atoms with Crippen LogP contribution in [0.4, 0.5) is 0 Å². The summed E-state index contributed by atoms with van der Waals surface area (Å²) in [5, 5.41) is 11.6. The van der Waals surface area contributed by atoms with Gasteiger partial charge < -0.3 is 0 Å². The summed E-state index contributed by atoms with van der Waals surface area (Å²) < 4.78 is 4.53. The van der Waals surface area contributed by atoms with E-state index in [0.717, 1.165) is 27.4 Å². The molecule has 19 heavy (non-hydrogen) atoms. The van der Waals surface area contributed by atoms with Gasteiger partial charge in [0.15, 0.2) is 5.16 Å². The molecule has 0 aliphatic heterocycles. The average Bonchev–Trinajstić information content (AvgIpc) is 2.82. The Kier molecular flexibility index (Phi) is 4.51. The van der Waals surface area contributed by atoms with Crippen LogP contribution in [0.2, 0.25) is 0 Å². The SMILES string of the molecule is CCCn1c(SCc2c(Br)c(C)nn2C)n[nH]c1=O. The molecule has 2 aromatic heterocycles. The molecule has 0 saturated heterocycles. The molecule has 2 heterocycles. The lowest BCUT2D eigenvalue weighted by molar-refractivity contribution is 0.603. The molecule has 8 heteroatoms. The molecule has 0 unspecified atom stereocenters. The lowest BCUT2D eigenvalue weighted by atomic mass is 10.4. The zero-order chi connectivity index (χ0) is 14.0. The third kappa shape index (κ3) is 2.94. The maximum absolute atomic E-state index is 11.6. The van der Waals surface area contributed by atoms with Crippen molar-refractivity contribution in [1.82, 2.24) is 24.5 Å². The van der Waals surface area contributed by atoms with E-state index in [1.807, 2.05) is 25.6 Å². The van der Waals surface area contributed by atoms with Crippen LogP contribution in [0, 0.1) is 6.92 Å². The highest BCUT2D eigenvalue weighted by Crippen LogP contribution is 2.27. The first-order chi connectivity index (χ1) is 9.04. The fraction of sp³-hybridized carbons (Fsp3) is 0.545. The molecule has 0 spiro atoms. The van der Waals surface area contributed by atoms with Gasteiger partial charge in [0, 0.05) is 19.3 Å². The molecule has 104 valence electrons. The summed E-state index contributed by atoms with van der Waals surface area (Å²) in [5.41, 5.74) is 1.90. The third-order valence-corrected chi connectivity index (χ3v) is 4.79. The van der Waals surface area contributed by atoms with E-state index in [1.165, 1.54) is 11.8 Å². The Hall–Kier alpha value is -1.02. The van der Waals surface area contributed by atoms with Crippen LogP contribution in [0.25, 0.3) is 0 Å². The van der Waals surface area contributed by atoms with Gasteiger partial charge in [0.1, 0.15) is 0 Å². The van der Waals surface area contributed by atoms with Crippen LogP contribution in [0.5, 0.6) is 0 Å². The van der Waals surface area contributed by atoms with Crippen molar-refractivity contribution in [3.05, 3.63) is 26.3 Å². The summed E-state index contributed by atoms with van der Waals surface area (Å²) in [6.45, 7) is 4.68. The van der Waals surface area contributed by atoms with Crippen molar-refractivity contribution in [2.75, 3.05) is 0 Å². The molecule has 0 aliphatic rings. The van der Waals surface area contributed by atoms with Crippen molar-refractivity contribution in [3.8, 4) is 0 Å². The molecule has 0 atom stereocenters. The Labute approximate surface area is 123 Å². The largest absolute Gasteiger partial charge is 0.343 e. The number of hydrogen-bond donors (Lipinski definition) is 1. The zero-order valence-electron chi connectivity index (χ0n) is 11.1. The number of thioether (sulfide) groups is 1. The number of aryl methyl sites for hydroxylation is 2. The van der Waals surface area contributed by atoms with Crippen LogP contribution in [-0.4, -0.2) is 24.5 Å². The van der Waals surface area contributed by atoms with Crippen LogP contribution in [-0.2, 0) is 19.3 Å². The lowest BCUT2D eigenvalue weighted by Crippen LogP contribution is -2.17. The molecule has 0 amide bonds. The fourth-order valence-electron chi connectivity index (χ4n) is 1.80. The van der Waals surface area contributed by atoms with Gasteiger partial charge in [0.05, 0.1) is 15.9 Å². The van der Waals surface area contributed by atoms with Crippen molar-refractivity contribution in [2.24, 2.45) is 7.05 Å². The Bertz CT molecular complexity index is 630. The van der Waals surface area contributed by atoms with Crippen molar-refractivity contribution >= 4 is 27.7 Å². The van der Waals surface area contributed by atoms with Crippen molar-refractivity contribution in [1.29, 1.82) is 0 Å². The standard InChI is InChI=1S/C11H16BrN5OS/c1-4-5-17-10(18)13-14-11(17)19-6-8-9(12)7(2)15-16(8)3/h4-6H2,1-3H3,(H,13,18). The van der Waals surface area contributed by atoms with Crippen molar-refractivity contribution < 1.29 is 0 Å². The minimum atomic E-state index is -0.149. The molecule has 0 aromatic carbocycles. The molecule has 6 nitrogen and oxygen atoms in total. The lowest BCUT2D eigenvalue weighted by Gasteiger charge is -2.04. The van der Waals surface area contributed by atoms with E-state index in [2.05, 4.69) is 31.2 Å². The Morgan fingerprint density at radius 3 is 2.79 bits per heavy atom. The third-order valence-electron chi connectivity index (χ3n) is 2.77. The highest BCUT2D eigenvalue weighted by atomic mass is 79.9. The molecule has 0 saturated carbocycles. The maximum atomic E-state index is 11.6. The van der Waals surface area contributed by atoms with Gasteiger partial charge >= 0.3 is 5.69 Å². The fourth-order valence-corrected chi connectivity index (χ4v) is 3.50. The molecule has 1 N–H and O–H groups in total. The number of hydrogen-bond acceptors (Lipinski definition) is 4. The van der Waals surface area contributed by atoms with Gasteiger partial charge in [-0.15, -0.1) is 5.10 Å². The van der Waals surface area contributed by atoms with Crippen molar-refractivity contribution in [3.63, 3.8) is 0 Å². The van der Waals surface area contributed by atoms with Crippen molar-refractivity contribution in [2.45, 2.75) is 37.7 Å². The minimum Gasteiger partial charge on any atom is -0.270 e. The van der Waals surface area contributed by atoms with E-state index in [1.54, 1.807) is 4.57 Å². The minimum absolute atomic E-state index is 0.149. The van der Waals surface area contributed by atoms with Crippen LogP contribution >= 0.6 is 27.7 Å². The highest BCUT2D eigenvalue weighted by molar-refractivity contribution is 9.10. The van der Waals surface area contributed by atoms with E-state index < -0.39 is 0 Å². The monoisotopic (exact) mass is 345 g/mol. The first kappa shape index (κ1) is 14.4. The molecule has 2 rings (SSSR count). The Balaban J connectivity index is 2.17. The first-order valence-electron chi connectivity index (χ1n) is 6.00. The second kappa shape index (κ2) is 5.96. The summed E-state index contributed by atoms with van der Waals surface area (Å²) in [5.74, 6) is 0.714. The predicted molar refractivity (Wildman–Crippen MR) is 78.3 cm³/mol. The van der Waals surface area contributed by atoms with E-state index in [4.69, 9.17) is 0 Å². The summed E-state index contributed by atoms with van der Waals surface area (Å²) in [7, 11) is 1.91. The number of halogens is 1. The van der Waals surface area contributed by atoms with Crippen LogP contribution < -0.4 is 5.69 Å². The topological polar surface area (TPSA) is 68.5 Å². The highest BCUT2D eigenvalue weighted by Gasteiger charge is 2.13. The molecule has 0 radical (unpaired) electrons. The first-order valence-corrected chi connectivity index (χ1v) is 7.78. The van der Waals surface area contributed by atoms with Crippen LogP contribution in [0.15, 0.2) is 14.4 Å². The smallest absolute Gasteiger partial charge is 0.270 e. The number of nitrogens with zero attached hydrogens (tertiary/aromatic N) is 4. The second-order valence-corrected chi connectivity index (χ2v) is 5.96. The Morgan fingerprint density at radius 2 is 2.21 bits per heavy atom. The summed E-state index contributed by atoms with van der Waals surface area (Å²) in [6.07, 6.45) is 0.904. The molecular weight excluding hydrogens is 330 g/mol. The Morgan fingerprint density at radius 1 is 1.47 bits per heavy atom. The second-order valence-electron chi connectivity index (χ2n) is 4.22. The molecule has 2 aromatic rings. The summed E-state index contributed by atoms with van der Waals surface area (Å²) >= 11 is 5.07. The van der Waals surface area contributed by atoms with E-state index >= 15 is 0 Å². The van der Waals surface area contributed by atoms with Crippen LogP contribution in [0.3, 0.4) is 0 Å². The number of H-pyrrole nitrogens is 1. The number of aromatic amines is 1. The molecule has 0 fully saturated rings. The number of rotatable bonds is 5. The molecular formula is C11H16BrN5OS. The van der Waals surface area contributed by atoms with Gasteiger partial charge in [-0.2, -0.15) is 5.10 Å². The number of aromatic nitrogens is 5. The zero-order valence-corrected chi connectivity index (χ0v) is 13.5. The van der Waals surface area contributed by atoms with Gasteiger partial charge in [-0.1, -0.05) is 18.7 Å². The molecule has 0 bridgehead atoms. The predicted octanol–water partition coefficient (Wildman–Crippen LogP) is 2.08. The van der Waals surface area contributed by atoms with E-state index in [0.29, 0.717) is 12.3 Å². The van der Waals surface area contributed by atoms with Crippen LogP contribution in [0.1, 0.15) is 24.7 Å².